The lowest BCUT2D eigenvalue weighted by molar-refractivity contribution is -0.140. The molecule has 0 aliphatic carbocycles. The van der Waals surface area contributed by atoms with Crippen LogP contribution in [0.15, 0.2) is 23.7 Å². The third kappa shape index (κ3) is 3.96. The molecule has 0 atom stereocenters. The fourth-order valence-corrected chi connectivity index (χ4v) is 3.18. The number of fused-ring (bicyclic) bond motifs is 1. The van der Waals surface area contributed by atoms with Crippen molar-refractivity contribution >= 4 is 29.0 Å². The van der Waals surface area contributed by atoms with Gasteiger partial charge in [0, 0.05) is 38.7 Å². The van der Waals surface area contributed by atoms with Crippen LogP contribution < -0.4 is 4.67 Å². The molecule has 2 heterocycles. The van der Waals surface area contributed by atoms with Gasteiger partial charge in [-0.3, -0.25) is 0 Å². The van der Waals surface area contributed by atoms with Gasteiger partial charge in [0.25, 0.3) is 6.21 Å². The molecule has 8 heteroatoms. The molecular formula is C19H21F4N4+. The molecule has 3 rings (SSSR count). The molecule has 0 bridgehead atoms. The summed E-state index contributed by atoms with van der Waals surface area (Å²) in [5.41, 5.74) is -0.508. The normalized spacial score (nSPS) is 19.0. The van der Waals surface area contributed by atoms with Gasteiger partial charge in [0.2, 0.25) is 5.84 Å². The number of nitrogens with zero attached hydrogens (tertiary/aromatic N) is 4. The van der Waals surface area contributed by atoms with Gasteiger partial charge in [0.1, 0.15) is 5.82 Å². The maximum Gasteiger partial charge on any atom is 0.419 e. The first kappa shape index (κ1) is 19.3. The van der Waals surface area contributed by atoms with Crippen molar-refractivity contribution in [2.24, 2.45) is 4.99 Å². The van der Waals surface area contributed by atoms with Crippen LogP contribution in [0.1, 0.15) is 24.5 Å². The molecule has 0 unspecified atom stereocenters. The fourth-order valence-electron chi connectivity index (χ4n) is 3.18. The number of allylic oxidation sites excluding steroid dienone is 1. The van der Waals surface area contributed by atoms with E-state index in [4.69, 9.17) is 0 Å². The lowest BCUT2D eigenvalue weighted by Gasteiger charge is -2.33. The van der Waals surface area contributed by atoms with E-state index in [1.54, 1.807) is 6.92 Å². The molecule has 1 aromatic rings. The van der Waals surface area contributed by atoms with E-state index in [1.165, 1.54) is 12.3 Å². The van der Waals surface area contributed by atoms with Crippen molar-refractivity contribution in [1.29, 1.82) is 0 Å². The SMILES string of the molecule is C=C1CC=[N+]=C(C)C(N2CCN(C)CC2)=Nc2ccc(C(F)(F)F)c(F)c21. The number of hydrogen-bond donors (Lipinski definition) is 0. The van der Waals surface area contributed by atoms with Gasteiger partial charge in [-0.15, -0.1) is 0 Å². The molecule has 0 amide bonds. The Balaban J connectivity index is 2.15. The number of alkyl halides is 3. The van der Waals surface area contributed by atoms with Crippen molar-refractivity contribution in [3.8, 4) is 0 Å². The Hall–Kier alpha value is -2.44. The van der Waals surface area contributed by atoms with Gasteiger partial charge >= 0.3 is 11.9 Å². The first-order valence-corrected chi connectivity index (χ1v) is 8.65. The van der Waals surface area contributed by atoms with Gasteiger partial charge in [-0.05, 0) is 24.8 Å². The van der Waals surface area contributed by atoms with Gasteiger partial charge in [0.15, 0.2) is 0 Å². The highest BCUT2D eigenvalue weighted by molar-refractivity contribution is 6.40. The molecule has 2 aliphatic heterocycles. The summed E-state index contributed by atoms with van der Waals surface area (Å²) in [6, 6.07) is 1.95. The van der Waals surface area contributed by atoms with Gasteiger partial charge in [-0.25, -0.2) is 9.38 Å². The Morgan fingerprint density at radius 2 is 1.81 bits per heavy atom. The molecule has 27 heavy (non-hydrogen) atoms. The Kier molecular flexibility index (Phi) is 5.22. The number of piperazine rings is 1. The summed E-state index contributed by atoms with van der Waals surface area (Å²) in [6.07, 6.45) is -3.09. The lowest BCUT2D eigenvalue weighted by Crippen LogP contribution is -2.49. The van der Waals surface area contributed by atoms with Crippen LogP contribution in [0.5, 0.6) is 0 Å². The average molecular weight is 381 g/mol. The quantitative estimate of drug-likeness (QED) is 0.511. The molecule has 0 radical (unpaired) electrons. The highest BCUT2D eigenvalue weighted by Gasteiger charge is 2.36. The van der Waals surface area contributed by atoms with Gasteiger partial charge in [-0.2, -0.15) is 13.2 Å². The summed E-state index contributed by atoms with van der Waals surface area (Å²) in [6.45, 7) is 8.63. The molecular weight excluding hydrogens is 360 g/mol. The molecule has 0 N–H and O–H groups in total. The van der Waals surface area contributed by atoms with E-state index in [9.17, 15) is 17.6 Å². The van der Waals surface area contributed by atoms with Crippen LogP contribution in [-0.4, -0.2) is 60.8 Å². The van der Waals surface area contributed by atoms with E-state index >= 15 is 0 Å². The monoisotopic (exact) mass is 381 g/mol. The Labute approximate surface area is 155 Å². The van der Waals surface area contributed by atoms with Crippen molar-refractivity contribution in [1.82, 2.24) is 14.5 Å². The minimum absolute atomic E-state index is 0.143. The van der Waals surface area contributed by atoms with Crippen LogP contribution in [0.4, 0.5) is 23.2 Å². The maximum atomic E-state index is 14.7. The van der Waals surface area contributed by atoms with Gasteiger partial charge in [-0.1, -0.05) is 11.2 Å². The van der Waals surface area contributed by atoms with Crippen LogP contribution in [-0.2, 0) is 6.18 Å². The maximum absolute atomic E-state index is 14.7. The molecule has 1 fully saturated rings. The van der Waals surface area contributed by atoms with E-state index < -0.39 is 17.6 Å². The third-order valence-corrected chi connectivity index (χ3v) is 4.75. The Morgan fingerprint density at radius 3 is 2.44 bits per heavy atom. The number of rotatable bonds is 0. The minimum atomic E-state index is -4.78. The van der Waals surface area contributed by atoms with Crippen molar-refractivity contribution in [2.45, 2.75) is 19.5 Å². The average Bonchev–Trinajstić information content (AvgIpc) is 2.64. The fraction of sp³-hybridized carbons (Fsp3) is 0.421. The number of halogens is 4. The summed E-state index contributed by atoms with van der Waals surface area (Å²) in [5.74, 6) is -0.783. The summed E-state index contributed by atoms with van der Waals surface area (Å²) < 4.78 is 58.5. The molecule has 0 aromatic heterocycles. The largest absolute Gasteiger partial charge is 0.419 e. The predicted octanol–water partition coefficient (Wildman–Crippen LogP) is 3.14. The lowest BCUT2D eigenvalue weighted by atomic mass is 9.99. The zero-order chi connectivity index (χ0) is 19.8. The van der Waals surface area contributed by atoms with E-state index in [-0.39, 0.29) is 23.2 Å². The summed E-state index contributed by atoms with van der Waals surface area (Å²) in [4.78, 5) is 8.73. The molecule has 2 aliphatic rings. The molecule has 1 aromatic carbocycles. The zero-order valence-electron chi connectivity index (χ0n) is 15.3. The van der Waals surface area contributed by atoms with Crippen molar-refractivity contribution in [3.05, 3.63) is 35.7 Å². The molecule has 1 saturated heterocycles. The molecule has 0 spiro atoms. The second-order valence-electron chi connectivity index (χ2n) is 6.75. The summed E-state index contributed by atoms with van der Waals surface area (Å²) in [5, 5.41) is 0. The number of benzene rings is 1. The molecule has 144 valence electrons. The predicted molar refractivity (Wildman–Crippen MR) is 100 cm³/mol. The highest BCUT2D eigenvalue weighted by atomic mass is 19.4. The van der Waals surface area contributed by atoms with E-state index in [1.807, 2.05) is 11.9 Å². The second-order valence-corrected chi connectivity index (χ2v) is 6.75. The first-order valence-electron chi connectivity index (χ1n) is 8.65. The van der Waals surface area contributed by atoms with E-state index in [0.717, 1.165) is 19.2 Å². The van der Waals surface area contributed by atoms with Crippen LogP contribution in [0.2, 0.25) is 0 Å². The summed E-state index contributed by atoms with van der Waals surface area (Å²) in [7, 11) is 2.02. The topological polar surface area (TPSA) is 32.9 Å². The van der Waals surface area contributed by atoms with Crippen LogP contribution in [0.25, 0.3) is 5.57 Å². The Bertz CT molecular complexity index is 855. The van der Waals surface area contributed by atoms with Gasteiger partial charge in [0.05, 0.1) is 17.7 Å². The van der Waals surface area contributed by atoms with E-state index in [2.05, 4.69) is 21.1 Å². The van der Waals surface area contributed by atoms with E-state index in [0.29, 0.717) is 24.6 Å². The number of aliphatic imine (C=N–C) groups is 1. The number of hydrogen-bond acceptors (Lipinski definition) is 3. The van der Waals surface area contributed by atoms with Crippen LogP contribution in [0, 0.1) is 5.82 Å². The first-order chi connectivity index (χ1) is 12.7. The van der Waals surface area contributed by atoms with Gasteiger partial charge < -0.3 is 9.80 Å². The van der Waals surface area contributed by atoms with Crippen molar-refractivity contribution in [3.63, 3.8) is 0 Å². The second kappa shape index (κ2) is 7.29. The zero-order valence-corrected chi connectivity index (χ0v) is 15.3. The minimum Gasteiger partial charge on any atom is -0.348 e. The highest BCUT2D eigenvalue weighted by Crippen LogP contribution is 2.39. The molecule has 4 nitrogen and oxygen atoms in total. The number of amidine groups is 1. The van der Waals surface area contributed by atoms with Crippen molar-refractivity contribution in [2.75, 3.05) is 33.2 Å². The van der Waals surface area contributed by atoms with Crippen molar-refractivity contribution < 1.29 is 17.6 Å². The smallest absolute Gasteiger partial charge is 0.348 e. The van der Waals surface area contributed by atoms with Crippen LogP contribution in [0.3, 0.4) is 0 Å². The van der Waals surface area contributed by atoms with Crippen LogP contribution >= 0.6 is 0 Å². The number of likely N-dealkylation sites (N-methyl/N-ethyl adjacent to an activating group) is 1. The standard InChI is InChI=1S/C19H21F4N4/c1-12-6-7-24-13(2)18(27-10-8-26(3)9-11-27)25-15-5-4-14(19(21,22)23)17(20)16(12)15/h4-5,7H,1,6,8-11H2,2-3H3/q+1. The Morgan fingerprint density at radius 1 is 1.15 bits per heavy atom. The molecule has 0 saturated carbocycles. The third-order valence-electron chi connectivity index (χ3n) is 4.75. The summed E-state index contributed by atoms with van der Waals surface area (Å²) >= 11 is 0.